The maximum Gasteiger partial charge on any atom is 0.303 e. The molecule has 3 nitrogen and oxygen atoms in total. The highest BCUT2D eigenvalue weighted by Gasteiger charge is 2.09. The summed E-state index contributed by atoms with van der Waals surface area (Å²) >= 11 is 0. The number of hydrogen-bond acceptors (Lipinski definition) is 2. The van der Waals surface area contributed by atoms with Crippen LogP contribution in [0, 0.1) is 5.82 Å². The van der Waals surface area contributed by atoms with E-state index in [0.717, 1.165) is 0 Å². The van der Waals surface area contributed by atoms with Crippen LogP contribution in [0.4, 0.5) is 4.39 Å². The van der Waals surface area contributed by atoms with Crippen molar-refractivity contribution < 1.29 is 19.4 Å². The van der Waals surface area contributed by atoms with Gasteiger partial charge in [0.2, 0.25) is 0 Å². The molecule has 0 aliphatic heterocycles. The van der Waals surface area contributed by atoms with Crippen LogP contribution in [0.15, 0.2) is 24.3 Å². The molecular weight excluding hydrogens is 187 g/mol. The molecule has 1 aromatic rings. The summed E-state index contributed by atoms with van der Waals surface area (Å²) in [6.45, 7) is 0. The lowest BCUT2D eigenvalue weighted by molar-refractivity contribution is -0.137. The average Bonchev–Trinajstić information content (AvgIpc) is 2.14. The van der Waals surface area contributed by atoms with E-state index >= 15 is 0 Å². The van der Waals surface area contributed by atoms with Gasteiger partial charge in [0.1, 0.15) is 5.82 Å². The van der Waals surface area contributed by atoms with E-state index < -0.39 is 17.9 Å². The fraction of sp³-hybridized carbons (Fsp3) is 0.300. The smallest absolute Gasteiger partial charge is 0.303 e. The van der Waals surface area contributed by atoms with E-state index in [-0.39, 0.29) is 12.8 Å². The van der Waals surface area contributed by atoms with Gasteiger partial charge in [-0.05, 0) is 24.1 Å². The highest BCUT2D eigenvalue weighted by atomic mass is 19.1. The normalized spacial score (nSPS) is 12.4. The molecule has 0 spiro atoms. The average molecular weight is 198 g/mol. The maximum absolute atomic E-state index is 12.7. The van der Waals surface area contributed by atoms with Crippen LogP contribution in [0.25, 0.3) is 0 Å². The van der Waals surface area contributed by atoms with Crippen molar-refractivity contribution in [1.82, 2.24) is 0 Å². The number of halogens is 1. The SMILES string of the molecule is O=C(O)CCC(O)c1cccc(F)c1. The molecule has 1 unspecified atom stereocenters. The molecule has 0 saturated carbocycles. The summed E-state index contributed by atoms with van der Waals surface area (Å²) in [6.07, 6.45) is -0.946. The molecule has 1 rings (SSSR count). The number of carbonyl (C=O) groups is 1. The van der Waals surface area contributed by atoms with Gasteiger partial charge >= 0.3 is 5.97 Å². The van der Waals surface area contributed by atoms with Crippen molar-refractivity contribution in [2.24, 2.45) is 0 Å². The van der Waals surface area contributed by atoms with Gasteiger partial charge in [-0.2, -0.15) is 0 Å². The molecule has 76 valence electrons. The zero-order valence-electron chi connectivity index (χ0n) is 7.48. The summed E-state index contributed by atoms with van der Waals surface area (Å²) in [5.41, 5.74) is 0.409. The summed E-state index contributed by atoms with van der Waals surface area (Å²) in [5.74, 6) is -1.41. The molecule has 4 heteroatoms. The minimum atomic E-state index is -0.972. The second-order valence-corrected chi connectivity index (χ2v) is 3.00. The molecule has 0 heterocycles. The number of benzene rings is 1. The summed E-state index contributed by atoms with van der Waals surface area (Å²) in [5, 5.41) is 17.8. The van der Waals surface area contributed by atoms with Crippen LogP contribution in [0.3, 0.4) is 0 Å². The first-order valence-corrected chi connectivity index (χ1v) is 4.25. The third kappa shape index (κ3) is 3.14. The molecule has 0 aromatic heterocycles. The number of carboxylic acids is 1. The van der Waals surface area contributed by atoms with Gasteiger partial charge in [0, 0.05) is 6.42 Å². The highest BCUT2D eigenvalue weighted by molar-refractivity contribution is 5.66. The summed E-state index contributed by atoms with van der Waals surface area (Å²) in [7, 11) is 0. The Morgan fingerprint density at radius 1 is 1.50 bits per heavy atom. The van der Waals surface area contributed by atoms with Gasteiger partial charge in [-0.1, -0.05) is 12.1 Å². The summed E-state index contributed by atoms with van der Waals surface area (Å²) in [6, 6.07) is 5.52. The Bertz CT molecular complexity index is 325. The Morgan fingerprint density at radius 2 is 2.21 bits per heavy atom. The molecule has 0 amide bonds. The number of rotatable bonds is 4. The van der Waals surface area contributed by atoms with Crippen LogP contribution < -0.4 is 0 Å². The van der Waals surface area contributed by atoms with Gasteiger partial charge in [-0.3, -0.25) is 4.79 Å². The fourth-order valence-corrected chi connectivity index (χ4v) is 1.14. The van der Waals surface area contributed by atoms with Crippen molar-refractivity contribution in [2.45, 2.75) is 18.9 Å². The Kier molecular flexibility index (Phi) is 3.59. The molecule has 0 fully saturated rings. The minimum Gasteiger partial charge on any atom is -0.481 e. The van der Waals surface area contributed by atoms with Crippen LogP contribution in [-0.4, -0.2) is 16.2 Å². The monoisotopic (exact) mass is 198 g/mol. The van der Waals surface area contributed by atoms with E-state index in [1.165, 1.54) is 18.2 Å². The lowest BCUT2D eigenvalue weighted by Gasteiger charge is -2.08. The van der Waals surface area contributed by atoms with Crippen LogP contribution in [-0.2, 0) is 4.79 Å². The van der Waals surface area contributed by atoms with Crippen LogP contribution in [0.1, 0.15) is 24.5 Å². The summed E-state index contributed by atoms with van der Waals surface area (Å²) in [4.78, 5) is 10.2. The molecule has 14 heavy (non-hydrogen) atoms. The largest absolute Gasteiger partial charge is 0.481 e. The first kappa shape index (κ1) is 10.7. The number of hydrogen-bond donors (Lipinski definition) is 2. The Labute approximate surface area is 80.8 Å². The number of aliphatic hydroxyl groups excluding tert-OH is 1. The van der Waals surface area contributed by atoms with Crippen LogP contribution in [0.5, 0.6) is 0 Å². The second-order valence-electron chi connectivity index (χ2n) is 3.00. The quantitative estimate of drug-likeness (QED) is 0.774. The van der Waals surface area contributed by atoms with Gasteiger partial charge in [0.15, 0.2) is 0 Å². The van der Waals surface area contributed by atoms with Gasteiger partial charge in [0.05, 0.1) is 6.10 Å². The predicted octanol–water partition coefficient (Wildman–Crippen LogP) is 1.72. The highest BCUT2D eigenvalue weighted by Crippen LogP contribution is 2.18. The molecule has 2 N–H and O–H groups in total. The molecule has 0 aliphatic carbocycles. The third-order valence-electron chi connectivity index (χ3n) is 1.87. The molecule has 1 atom stereocenters. The van der Waals surface area contributed by atoms with Crippen molar-refractivity contribution in [2.75, 3.05) is 0 Å². The van der Waals surface area contributed by atoms with Gasteiger partial charge < -0.3 is 10.2 Å². The Morgan fingerprint density at radius 3 is 2.79 bits per heavy atom. The van der Waals surface area contributed by atoms with E-state index in [1.54, 1.807) is 6.07 Å². The Hall–Kier alpha value is -1.42. The molecule has 0 radical (unpaired) electrons. The molecule has 0 bridgehead atoms. The van der Waals surface area contributed by atoms with E-state index in [0.29, 0.717) is 5.56 Å². The zero-order chi connectivity index (χ0) is 10.6. The first-order valence-electron chi connectivity index (χ1n) is 4.25. The van der Waals surface area contributed by atoms with Crippen molar-refractivity contribution in [3.8, 4) is 0 Å². The van der Waals surface area contributed by atoms with Crippen molar-refractivity contribution >= 4 is 5.97 Å². The topological polar surface area (TPSA) is 57.5 Å². The van der Waals surface area contributed by atoms with Crippen LogP contribution in [0.2, 0.25) is 0 Å². The number of carboxylic acid groups (broad SMARTS) is 1. The van der Waals surface area contributed by atoms with E-state index in [9.17, 15) is 14.3 Å². The standard InChI is InChI=1S/C10H11FO3/c11-8-3-1-2-7(6-8)9(12)4-5-10(13)14/h1-3,6,9,12H,4-5H2,(H,13,14). The first-order chi connectivity index (χ1) is 6.59. The molecule has 0 aliphatic rings. The van der Waals surface area contributed by atoms with Gasteiger partial charge in [-0.25, -0.2) is 4.39 Å². The predicted molar refractivity (Wildman–Crippen MR) is 48.2 cm³/mol. The third-order valence-corrected chi connectivity index (χ3v) is 1.87. The van der Waals surface area contributed by atoms with Gasteiger partial charge in [-0.15, -0.1) is 0 Å². The Balaban J connectivity index is 2.60. The van der Waals surface area contributed by atoms with Crippen LogP contribution >= 0.6 is 0 Å². The van der Waals surface area contributed by atoms with Gasteiger partial charge in [0.25, 0.3) is 0 Å². The maximum atomic E-state index is 12.7. The second kappa shape index (κ2) is 4.72. The van der Waals surface area contributed by atoms with Crippen molar-refractivity contribution in [3.05, 3.63) is 35.6 Å². The van der Waals surface area contributed by atoms with E-state index in [1.807, 2.05) is 0 Å². The molecule has 0 saturated heterocycles. The fourth-order valence-electron chi connectivity index (χ4n) is 1.14. The summed E-state index contributed by atoms with van der Waals surface area (Å²) < 4.78 is 12.7. The van der Waals surface area contributed by atoms with Crippen molar-refractivity contribution in [3.63, 3.8) is 0 Å². The minimum absolute atomic E-state index is 0.0960. The molecule has 1 aromatic carbocycles. The zero-order valence-corrected chi connectivity index (χ0v) is 7.48. The van der Waals surface area contributed by atoms with E-state index in [4.69, 9.17) is 5.11 Å². The number of aliphatic carboxylic acids is 1. The molecular formula is C10H11FO3. The lowest BCUT2D eigenvalue weighted by atomic mass is 10.1. The van der Waals surface area contributed by atoms with Crippen molar-refractivity contribution in [1.29, 1.82) is 0 Å². The van der Waals surface area contributed by atoms with E-state index in [2.05, 4.69) is 0 Å². The lowest BCUT2D eigenvalue weighted by Crippen LogP contribution is -2.02. The number of aliphatic hydroxyl groups is 1.